The smallest absolute Gasteiger partial charge is 0.410 e. The first kappa shape index (κ1) is 18.6. The van der Waals surface area contributed by atoms with E-state index in [1.807, 2.05) is 44.7 Å². The van der Waals surface area contributed by atoms with Crippen molar-refractivity contribution in [3.8, 4) is 5.75 Å². The summed E-state index contributed by atoms with van der Waals surface area (Å²) in [6, 6.07) is 8.06. The lowest BCUT2D eigenvalue weighted by Gasteiger charge is -2.30. The zero-order valence-corrected chi connectivity index (χ0v) is 15.4. The van der Waals surface area contributed by atoms with Crippen molar-refractivity contribution in [3.05, 3.63) is 29.8 Å². The van der Waals surface area contributed by atoms with Crippen LogP contribution in [0.4, 0.5) is 4.79 Å². The summed E-state index contributed by atoms with van der Waals surface area (Å²) in [5, 5.41) is 0. The Labute approximate surface area is 144 Å². The Hall–Kier alpha value is -1.75. The molecular formula is C19H29NO4. The second-order valence-electron chi connectivity index (χ2n) is 7.07. The van der Waals surface area contributed by atoms with Crippen LogP contribution in [0.25, 0.3) is 0 Å². The number of carbonyl (C=O) groups is 1. The van der Waals surface area contributed by atoms with Crippen LogP contribution in [0.2, 0.25) is 0 Å². The van der Waals surface area contributed by atoms with Gasteiger partial charge in [-0.25, -0.2) is 4.79 Å². The summed E-state index contributed by atoms with van der Waals surface area (Å²) < 4.78 is 16.4. The number of amides is 1. The maximum absolute atomic E-state index is 12.5. The number of methoxy groups -OCH3 is 1. The van der Waals surface area contributed by atoms with Gasteiger partial charge in [-0.1, -0.05) is 12.1 Å². The lowest BCUT2D eigenvalue weighted by molar-refractivity contribution is 0.0101. The van der Waals surface area contributed by atoms with Gasteiger partial charge in [0.25, 0.3) is 0 Å². The molecule has 2 atom stereocenters. The summed E-state index contributed by atoms with van der Waals surface area (Å²) in [6.45, 7) is 9.47. The second-order valence-corrected chi connectivity index (χ2v) is 7.07. The number of ether oxygens (including phenoxy) is 3. The first-order valence-corrected chi connectivity index (χ1v) is 8.57. The molecule has 1 aromatic rings. The van der Waals surface area contributed by atoms with E-state index in [0.717, 1.165) is 12.2 Å². The predicted molar refractivity (Wildman–Crippen MR) is 93.6 cm³/mol. The molecule has 1 aromatic carbocycles. The van der Waals surface area contributed by atoms with Crippen LogP contribution in [0.5, 0.6) is 5.75 Å². The highest BCUT2D eigenvalue weighted by Gasteiger charge is 2.39. The second kappa shape index (κ2) is 7.88. The standard InChI is InChI=1S/C19H29NO4/c1-6-23-13-17-16(14-7-9-15(22-5)10-8-14)11-12-20(17)18(21)24-19(2,3)4/h7-10,16-17H,6,11-13H2,1-5H3/t16-,17-/m1/s1. The normalized spacial score (nSPS) is 21.0. The zero-order chi connectivity index (χ0) is 17.7. The molecule has 0 aromatic heterocycles. The molecule has 2 rings (SSSR count). The molecule has 0 unspecified atom stereocenters. The third kappa shape index (κ3) is 4.63. The minimum Gasteiger partial charge on any atom is -0.497 e. The van der Waals surface area contributed by atoms with Crippen LogP contribution in [0.15, 0.2) is 24.3 Å². The number of rotatable bonds is 5. The van der Waals surface area contributed by atoms with Crippen molar-refractivity contribution in [2.75, 3.05) is 26.9 Å². The van der Waals surface area contributed by atoms with Gasteiger partial charge in [0.1, 0.15) is 11.4 Å². The molecule has 0 aliphatic carbocycles. The van der Waals surface area contributed by atoms with Crippen molar-refractivity contribution in [2.45, 2.75) is 51.7 Å². The van der Waals surface area contributed by atoms with Crippen LogP contribution in [-0.2, 0) is 9.47 Å². The summed E-state index contributed by atoms with van der Waals surface area (Å²) in [6.07, 6.45) is 0.645. The largest absolute Gasteiger partial charge is 0.497 e. The van der Waals surface area contributed by atoms with Gasteiger partial charge < -0.3 is 19.1 Å². The molecule has 1 aliphatic heterocycles. The summed E-state index contributed by atoms with van der Waals surface area (Å²) in [4.78, 5) is 14.4. The van der Waals surface area contributed by atoms with Gasteiger partial charge in [-0.2, -0.15) is 0 Å². The molecule has 1 saturated heterocycles. The fourth-order valence-corrected chi connectivity index (χ4v) is 3.09. The van der Waals surface area contributed by atoms with Gasteiger partial charge >= 0.3 is 6.09 Å². The van der Waals surface area contributed by atoms with Crippen LogP contribution >= 0.6 is 0 Å². The van der Waals surface area contributed by atoms with E-state index in [-0.39, 0.29) is 18.1 Å². The van der Waals surface area contributed by atoms with Crippen LogP contribution in [0.1, 0.15) is 45.6 Å². The fourth-order valence-electron chi connectivity index (χ4n) is 3.09. The van der Waals surface area contributed by atoms with E-state index in [1.54, 1.807) is 7.11 Å². The molecule has 1 heterocycles. The van der Waals surface area contributed by atoms with Gasteiger partial charge in [0.15, 0.2) is 0 Å². The van der Waals surface area contributed by atoms with Gasteiger partial charge in [-0.3, -0.25) is 0 Å². The van der Waals surface area contributed by atoms with Gasteiger partial charge in [-0.15, -0.1) is 0 Å². The van der Waals surface area contributed by atoms with Crippen molar-refractivity contribution in [1.29, 1.82) is 0 Å². The zero-order valence-electron chi connectivity index (χ0n) is 15.4. The first-order chi connectivity index (χ1) is 11.4. The van der Waals surface area contributed by atoms with E-state index in [4.69, 9.17) is 14.2 Å². The summed E-state index contributed by atoms with van der Waals surface area (Å²) in [7, 11) is 1.66. The predicted octanol–water partition coefficient (Wildman–Crippen LogP) is 3.82. The van der Waals surface area contributed by atoms with Crippen LogP contribution < -0.4 is 4.74 Å². The Morgan fingerprint density at radius 1 is 1.25 bits per heavy atom. The summed E-state index contributed by atoms with van der Waals surface area (Å²) >= 11 is 0. The monoisotopic (exact) mass is 335 g/mol. The fraction of sp³-hybridized carbons (Fsp3) is 0.632. The van der Waals surface area contributed by atoms with Crippen molar-refractivity contribution in [2.24, 2.45) is 0 Å². The van der Waals surface area contributed by atoms with Gasteiger partial charge in [0.05, 0.1) is 19.8 Å². The lowest BCUT2D eigenvalue weighted by Crippen LogP contribution is -2.43. The van der Waals surface area contributed by atoms with E-state index in [2.05, 4.69) is 12.1 Å². The highest BCUT2D eigenvalue weighted by atomic mass is 16.6. The SMILES string of the molecule is CCOC[C@@H]1[C@@H](c2ccc(OC)cc2)CCN1C(=O)OC(C)(C)C. The molecule has 24 heavy (non-hydrogen) atoms. The molecule has 1 aliphatic rings. The third-order valence-electron chi connectivity index (χ3n) is 4.21. The Bertz CT molecular complexity index is 535. The van der Waals surface area contributed by atoms with Crippen molar-refractivity contribution in [3.63, 3.8) is 0 Å². The highest BCUT2D eigenvalue weighted by Crippen LogP contribution is 2.35. The molecule has 0 saturated carbocycles. The average Bonchev–Trinajstić information content (AvgIpc) is 2.95. The molecule has 134 valence electrons. The molecule has 5 nitrogen and oxygen atoms in total. The van der Waals surface area contributed by atoms with E-state index >= 15 is 0 Å². The number of benzene rings is 1. The molecule has 1 fully saturated rings. The van der Waals surface area contributed by atoms with Crippen molar-refractivity contribution in [1.82, 2.24) is 4.90 Å². The Balaban J connectivity index is 2.17. The van der Waals surface area contributed by atoms with Crippen molar-refractivity contribution < 1.29 is 19.0 Å². The number of hydrogen-bond donors (Lipinski definition) is 0. The average molecular weight is 335 g/mol. The Kier molecular flexibility index (Phi) is 6.10. The van der Waals surface area contributed by atoms with E-state index in [9.17, 15) is 4.79 Å². The number of likely N-dealkylation sites (tertiary alicyclic amines) is 1. The molecule has 5 heteroatoms. The van der Waals surface area contributed by atoms with Gasteiger partial charge in [0.2, 0.25) is 0 Å². The molecule has 1 amide bonds. The van der Waals surface area contributed by atoms with Crippen LogP contribution in [0, 0.1) is 0 Å². The van der Waals surface area contributed by atoms with Gasteiger partial charge in [-0.05, 0) is 51.8 Å². The number of hydrogen-bond acceptors (Lipinski definition) is 4. The highest BCUT2D eigenvalue weighted by molar-refractivity contribution is 5.69. The van der Waals surface area contributed by atoms with Crippen molar-refractivity contribution >= 4 is 6.09 Å². The summed E-state index contributed by atoms with van der Waals surface area (Å²) in [5.41, 5.74) is 0.706. The summed E-state index contributed by atoms with van der Waals surface area (Å²) in [5.74, 6) is 1.08. The van der Waals surface area contributed by atoms with Gasteiger partial charge in [0, 0.05) is 19.1 Å². The van der Waals surface area contributed by atoms with E-state index < -0.39 is 5.60 Å². The number of carbonyl (C=O) groups excluding carboxylic acids is 1. The Morgan fingerprint density at radius 3 is 2.46 bits per heavy atom. The molecule has 0 spiro atoms. The quantitative estimate of drug-likeness (QED) is 0.820. The minimum absolute atomic E-state index is 0.00630. The van der Waals surface area contributed by atoms with Crippen LogP contribution in [-0.4, -0.2) is 49.5 Å². The molecular weight excluding hydrogens is 306 g/mol. The maximum Gasteiger partial charge on any atom is 0.410 e. The molecule has 0 radical (unpaired) electrons. The molecule has 0 bridgehead atoms. The van der Waals surface area contributed by atoms with E-state index in [1.165, 1.54) is 5.56 Å². The lowest BCUT2D eigenvalue weighted by atomic mass is 9.92. The first-order valence-electron chi connectivity index (χ1n) is 8.57. The molecule has 0 N–H and O–H groups in total. The topological polar surface area (TPSA) is 48.0 Å². The number of nitrogens with zero attached hydrogens (tertiary/aromatic N) is 1. The third-order valence-corrected chi connectivity index (χ3v) is 4.21. The van der Waals surface area contributed by atoms with Crippen LogP contribution in [0.3, 0.4) is 0 Å². The minimum atomic E-state index is -0.495. The van der Waals surface area contributed by atoms with E-state index in [0.29, 0.717) is 19.8 Å². The Morgan fingerprint density at radius 2 is 1.92 bits per heavy atom. The maximum atomic E-state index is 12.5.